The second-order valence-electron chi connectivity index (χ2n) is 3.77. The summed E-state index contributed by atoms with van der Waals surface area (Å²) >= 11 is 0. The molecule has 2 aromatic heterocycles. The van der Waals surface area contributed by atoms with Gasteiger partial charge in [0.2, 0.25) is 5.89 Å². The van der Waals surface area contributed by atoms with Crippen LogP contribution in [0.5, 0.6) is 0 Å². The zero-order chi connectivity index (χ0) is 13.2. The molecule has 0 aliphatic rings. The zero-order valence-corrected chi connectivity index (χ0v) is 9.57. The van der Waals surface area contributed by atoms with Crippen LogP contribution in [0.15, 0.2) is 40.9 Å². The fourth-order valence-corrected chi connectivity index (χ4v) is 1.58. The molecule has 0 bridgehead atoms. The number of rotatable bonds is 3. The first-order valence-electron chi connectivity index (χ1n) is 5.41. The summed E-state index contributed by atoms with van der Waals surface area (Å²) in [5.41, 5.74) is 1.49. The van der Waals surface area contributed by atoms with E-state index in [4.69, 9.17) is 9.52 Å². The van der Waals surface area contributed by atoms with E-state index in [1.807, 2.05) is 0 Å². The Hall–Kier alpha value is -2.96. The van der Waals surface area contributed by atoms with Gasteiger partial charge in [-0.25, -0.2) is 4.79 Å². The fourth-order valence-electron chi connectivity index (χ4n) is 1.58. The van der Waals surface area contributed by atoms with E-state index >= 15 is 0 Å². The predicted octanol–water partition coefficient (Wildman–Crippen LogP) is 1.82. The number of hydrogen-bond donors (Lipinski definition) is 2. The lowest BCUT2D eigenvalue weighted by Gasteiger charge is -1.96. The molecule has 0 unspecified atom stereocenters. The van der Waals surface area contributed by atoms with Crippen molar-refractivity contribution in [3.05, 3.63) is 42.1 Å². The van der Waals surface area contributed by atoms with E-state index in [1.165, 1.54) is 12.1 Å². The summed E-state index contributed by atoms with van der Waals surface area (Å²) in [6, 6.07) is 7.92. The van der Waals surface area contributed by atoms with Gasteiger partial charge in [0.15, 0.2) is 0 Å². The van der Waals surface area contributed by atoms with Crippen molar-refractivity contribution in [1.82, 2.24) is 20.4 Å². The molecular formula is C12H8N4O3. The smallest absolute Gasteiger partial charge is 0.335 e. The van der Waals surface area contributed by atoms with Gasteiger partial charge in [0.25, 0.3) is 5.89 Å². The third-order valence-electron chi connectivity index (χ3n) is 2.53. The SMILES string of the molecule is O=C(O)c1ccc(-c2nnc(-c3ccn[nH]3)o2)cc1. The van der Waals surface area contributed by atoms with Crippen LogP contribution in [0.3, 0.4) is 0 Å². The molecule has 3 aromatic rings. The van der Waals surface area contributed by atoms with Gasteiger partial charge in [-0.2, -0.15) is 5.10 Å². The first-order chi connectivity index (χ1) is 9.24. The quantitative estimate of drug-likeness (QED) is 0.740. The number of hydrogen-bond acceptors (Lipinski definition) is 5. The Balaban J connectivity index is 1.92. The van der Waals surface area contributed by atoms with Gasteiger partial charge in [-0.1, -0.05) is 0 Å². The summed E-state index contributed by atoms with van der Waals surface area (Å²) < 4.78 is 5.47. The average molecular weight is 256 g/mol. The van der Waals surface area contributed by atoms with Gasteiger partial charge in [-0.05, 0) is 30.3 Å². The molecule has 0 saturated heterocycles. The lowest BCUT2D eigenvalue weighted by Crippen LogP contribution is -1.94. The molecule has 0 aliphatic carbocycles. The second kappa shape index (κ2) is 4.37. The Bertz CT molecular complexity index is 701. The van der Waals surface area contributed by atoms with E-state index < -0.39 is 5.97 Å². The molecule has 0 aliphatic heterocycles. The molecule has 94 valence electrons. The normalized spacial score (nSPS) is 10.5. The molecular weight excluding hydrogens is 248 g/mol. The minimum Gasteiger partial charge on any atom is -0.478 e. The highest BCUT2D eigenvalue weighted by atomic mass is 16.4. The van der Waals surface area contributed by atoms with Crippen molar-refractivity contribution in [3.8, 4) is 23.0 Å². The van der Waals surface area contributed by atoms with Gasteiger partial charge in [0.05, 0.1) is 5.56 Å². The monoisotopic (exact) mass is 256 g/mol. The van der Waals surface area contributed by atoms with E-state index in [1.54, 1.807) is 24.4 Å². The Labute approximate surface area is 106 Å². The van der Waals surface area contributed by atoms with Crippen molar-refractivity contribution in [2.24, 2.45) is 0 Å². The molecule has 0 atom stereocenters. The van der Waals surface area contributed by atoms with Crippen LogP contribution in [0, 0.1) is 0 Å². The molecule has 0 radical (unpaired) electrons. The molecule has 7 heteroatoms. The van der Waals surface area contributed by atoms with E-state index in [0.29, 0.717) is 23.0 Å². The van der Waals surface area contributed by atoms with E-state index in [-0.39, 0.29) is 5.56 Å². The van der Waals surface area contributed by atoms with E-state index in [9.17, 15) is 4.79 Å². The summed E-state index contributed by atoms with van der Waals surface area (Å²) in [5.74, 6) is -0.327. The van der Waals surface area contributed by atoms with Gasteiger partial charge in [0.1, 0.15) is 5.69 Å². The maximum Gasteiger partial charge on any atom is 0.335 e. The fraction of sp³-hybridized carbons (Fsp3) is 0. The standard InChI is InChI=1S/C12H8N4O3/c17-12(18)8-3-1-7(2-4-8)10-15-16-11(19-10)9-5-6-13-14-9/h1-6H,(H,13,14)(H,17,18). The zero-order valence-electron chi connectivity index (χ0n) is 9.57. The number of carboxylic acids is 1. The molecule has 2 N–H and O–H groups in total. The summed E-state index contributed by atoms with van der Waals surface area (Å²) in [7, 11) is 0. The number of carboxylic acid groups (broad SMARTS) is 1. The first-order valence-corrected chi connectivity index (χ1v) is 5.41. The van der Waals surface area contributed by atoms with Crippen molar-refractivity contribution in [1.29, 1.82) is 0 Å². The van der Waals surface area contributed by atoms with Crippen LogP contribution in [0.25, 0.3) is 23.0 Å². The molecule has 0 fully saturated rings. The average Bonchev–Trinajstić information content (AvgIpc) is 3.10. The molecule has 3 rings (SSSR count). The Morgan fingerprint density at radius 3 is 2.47 bits per heavy atom. The topological polar surface area (TPSA) is 105 Å². The van der Waals surface area contributed by atoms with Gasteiger partial charge in [0, 0.05) is 11.8 Å². The molecule has 19 heavy (non-hydrogen) atoms. The van der Waals surface area contributed by atoms with E-state index in [2.05, 4.69) is 20.4 Å². The lowest BCUT2D eigenvalue weighted by atomic mass is 10.1. The molecule has 1 aromatic carbocycles. The number of nitrogens with zero attached hydrogens (tertiary/aromatic N) is 3. The molecule has 0 amide bonds. The lowest BCUT2D eigenvalue weighted by molar-refractivity contribution is 0.0697. The molecule has 7 nitrogen and oxygen atoms in total. The van der Waals surface area contributed by atoms with Crippen LogP contribution in [-0.2, 0) is 0 Å². The van der Waals surface area contributed by atoms with Crippen LogP contribution in [-0.4, -0.2) is 31.5 Å². The maximum absolute atomic E-state index is 10.7. The van der Waals surface area contributed by atoms with Crippen molar-refractivity contribution >= 4 is 5.97 Å². The van der Waals surface area contributed by atoms with Gasteiger partial charge in [-0.15, -0.1) is 10.2 Å². The molecule has 2 heterocycles. The van der Waals surface area contributed by atoms with Crippen LogP contribution in [0.2, 0.25) is 0 Å². The van der Waals surface area contributed by atoms with Crippen molar-refractivity contribution in [2.75, 3.05) is 0 Å². The Morgan fingerprint density at radius 1 is 1.11 bits per heavy atom. The van der Waals surface area contributed by atoms with Gasteiger partial charge >= 0.3 is 5.97 Å². The van der Waals surface area contributed by atoms with Crippen LogP contribution in [0.1, 0.15) is 10.4 Å². The van der Waals surface area contributed by atoms with Gasteiger partial charge in [-0.3, -0.25) is 5.10 Å². The highest BCUT2D eigenvalue weighted by Crippen LogP contribution is 2.22. The molecule has 0 spiro atoms. The number of aromatic nitrogens is 4. The van der Waals surface area contributed by atoms with Crippen LogP contribution >= 0.6 is 0 Å². The number of benzene rings is 1. The maximum atomic E-state index is 10.7. The largest absolute Gasteiger partial charge is 0.478 e. The Morgan fingerprint density at radius 2 is 1.84 bits per heavy atom. The minimum absolute atomic E-state index is 0.206. The predicted molar refractivity (Wildman–Crippen MR) is 64.3 cm³/mol. The Kier molecular flexibility index (Phi) is 2.57. The third kappa shape index (κ3) is 2.08. The summed E-state index contributed by atoms with van der Waals surface area (Å²) in [5, 5.41) is 23.1. The van der Waals surface area contributed by atoms with Crippen molar-refractivity contribution < 1.29 is 14.3 Å². The summed E-state index contributed by atoms with van der Waals surface area (Å²) in [6.45, 7) is 0. The second-order valence-corrected chi connectivity index (χ2v) is 3.77. The highest BCUT2D eigenvalue weighted by molar-refractivity contribution is 5.88. The number of carbonyl (C=O) groups is 1. The molecule has 0 saturated carbocycles. The summed E-state index contributed by atoms with van der Waals surface area (Å²) in [6.07, 6.45) is 1.58. The highest BCUT2D eigenvalue weighted by Gasteiger charge is 2.11. The number of H-pyrrole nitrogens is 1. The number of nitrogens with one attached hydrogen (secondary N) is 1. The number of aromatic carboxylic acids is 1. The minimum atomic E-state index is -0.977. The van der Waals surface area contributed by atoms with Crippen molar-refractivity contribution in [3.63, 3.8) is 0 Å². The number of aromatic amines is 1. The summed E-state index contributed by atoms with van der Waals surface area (Å²) in [4.78, 5) is 10.7. The van der Waals surface area contributed by atoms with E-state index in [0.717, 1.165) is 0 Å². The van der Waals surface area contributed by atoms with Crippen LogP contribution in [0.4, 0.5) is 0 Å². The third-order valence-corrected chi connectivity index (χ3v) is 2.53. The van der Waals surface area contributed by atoms with Crippen LogP contribution < -0.4 is 0 Å². The van der Waals surface area contributed by atoms with Gasteiger partial charge < -0.3 is 9.52 Å². The first kappa shape index (κ1) is 11.1. The van der Waals surface area contributed by atoms with Crippen molar-refractivity contribution in [2.45, 2.75) is 0 Å².